The Morgan fingerprint density at radius 2 is 1.26 bits per heavy atom. The fraction of sp³-hybridized carbons (Fsp3) is 0.429. The minimum absolute atomic E-state index is 0.722. The van der Waals surface area contributed by atoms with Gasteiger partial charge in [0.05, 0.1) is 14.2 Å². The second-order valence-electron chi connectivity index (χ2n) is 6.25. The number of unbranched alkanes of at least 4 members (excludes halogenated alkanes) is 1. The molecule has 2 nitrogen and oxygen atoms in total. The number of rotatable bonds is 9. The van der Waals surface area contributed by atoms with Crippen LogP contribution in [0.2, 0.25) is 0 Å². The molecule has 124 valence electrons. The SMILES string of the molecule is COc1ccc(CCCCC(C)Cc2ccc(OC)cc2)cc1. The molecule has 0 radical (unpaired) electrons. The highest BCUT2D eigenvalue weighted by molar-refractivity contribution is 5.28. The number of ether oxygens (including phenoxy) is 2. The highest BCUT2D eigenvalue weighted by Crippen LogP contribution is 2.19. The van der Waals surface area contributed by atoms with E-state index in [-0.39, 0.29) is 0 Å². The number of hydrogen-bond acceptors (Lipinski definition) is 2. The summed E-state index contributed by atoms with van der Waals surface area (Å²) in [4.78, 5) is 0. The third kappa shape index (κ3) is 5.97. The molecule has 0 saturated carbocycles. The van der Waals surface area contributed by atoms with Crippen LogP contribution in [0.4, 0.5) is 0 Å². The van der Waals surface area contributed by atoms with E-state index < -0.39 is 0 Å². The molecular weight excluding hydrogens is 284 g/mol. The molecule has 0 bridgehead atoms. The van der Waals surface area contributed by atoms with Crippen molar-refractivity contribution in [3.63, 3.8) is 0 Å². The molecule has 0 amide bonds. The highest BCUT2D eigenvalue weighted by Gasteiger charge is 2.04. The molecule has 23 heavy (non-hydrogen) atoms. The first-order chi connectivity index (χ1) is 11.2. The van der Waals surface area contributed by atoms with Crippen LogP contribution < -0.4 is 9.47 Å². The van der Waals surface area contributed by atoms with E-state index in [4.69, 9.17) is 9.47 Å². The van der Waals surface area contributed by atoms with Crippen LogP contribution >= 0.6 is 0 Å². The lowest BCUT2D eigenvalue weighted by Crippen LogP contribution is -2.00. The molecule has 0 spiro atoms. The maximum absolute atomic E-state index is 5.20. The van der Waals surface area contributed by atoms with Gasteiger partial charge in [0.1, 0.15) is 11.5 Å². The second kappa shape index (κ2) is 9.24. The lowest BCUT2D eigenvalue weighted by molar-refractivity contribution is 0.414. The van der Waals surface area contributed by atoms with Gasteiger partial charge in [0.2, 0.25) is 0 Å². The minimum atomic E-state index is 0.722. The Kier molecular flexibility index (Phi) is 6.99. The van der Waals surface area contributed by atoms with E-state index in [1.165, 1.54) is 30.4 Å². The van der Waals surface area contributed by atoms with Crippen molar-refractivity contribution in [1.29, 1.82) is 0 Å². The van der Waals surface area contributed by atoms with Crippen molar-refractivity contribution >= 4 is 0 Å². The molecule has 0 saturated heterocycles. The minimum Gasteiger partial charge on any atom is -0.497 e. The number of benzene rings is 2. The van der Waals surface area contributed by atoms with Gasteiger partial charge in [0.15, 0.2) is 0 Å². The monoisotopic (exact) mass is 312 g/mol. The summed E-state index contributed by atoms with van der Waals surface area (Å²) in [6.45, 7) is 2.34. The van der Waals surface area contributed by atoms with Crippen molar-refractivity contribution in [3.8, 4) is 11.5 Å². The van der Waals surface area contributed by atoms with Crippen LogP contribution in [-0.2, 0) is 12.8 Å². The van der Waals surface area contributed by atoms with Gasteiger partial charge in [-0.3, -0.25) is 0 Å². The van der Waals surface area contributed by atoms with Gasteiger partial charge in [0.25, 0.3) is 0 Å². The van der Waals surface area contributed by atoms with Crippen molar-refractivity contribution in [2.45, 2.75) is 39.0 Å². The highest BCUT2D eigenvalue weighted by atomic mass is 16.5. The summed E-state index contributed by atoms with van der Waals surface area (Å²) in [7, 11) is 3.42. The van der Waals surface area contributed by atoms with Crippen molar-refractivity contribution < 1.29 is 9.47 Å². The van der Waals surface area contributed by atoms with E-state index in [0.717, 1.165) is 30.3 Å². The van der Waals surface area contributed by atoms with Gasteiger partial charge in [-0.15, -0.1) is 0 Å². The van der Waals surface area contributed by atoms with E-state index in [2.05, 4.69) is 31.2 Å². The average Bonchev–Trinajstić information content (AvgIpc) is 2.60. The molecule has 0 aliphatic heterocycles. The maximum Gasteiger partial charge on any atom is 0.118 e. The molecule has 1 unspecified atom stereocenters. The summed E-state index contributed by atoms with van der Waals surface area (Å²) in [5.74, 6) is 2.59. The molecule has 1 atom stereocenters. The zero-order chi connectivity index (χ0) is 16.5. The van der Waals surface area contributed by atoms with Crippen molar-refractivity contribution in [3.05, 3.63) is 59.7 Å². The van der Waals surface area contributed by atoms with Gasteiger partial charge in [-0.25, -0.2) is 0 Å². The van der Waals surface area contributed by atoms with Crippen LogP contribution in [0.25, 0.3) is 0 Å². The Balaban J connectivity index is 1.66. The van der Waals surface area contributed by atoms with Crippen molar-refractivity contribution in [2.75, 3.05) is 14.2 Å². The fourth-order valence-electron chi connectivity index (χ4n) is 2.88. The van der Waals surface area contributed by atoms with E-state index in [1.54, 1.807) is 14.2 Å². The van der Waals surface area contributed by atoms with Gasteiger partial charge in [-0.2, -0.15) is 0 Å². The molecule has 2 heteroatoms. The van der Waals surface area contributed by atoms with Crippen LogP contribution in [0.1, 0.15) is 37.3 Å². The van der Waals surface area contributed by atoms with Crippen LogP contribution in [0.15, 0.2) is 48.5 Å². The molecular formula is C21H28O2. The first-order valence-electron chi connectivity index (χ1n) is 8.47. The third-order valence-electron chi connectivity index (χ3n) is 4.31. The fourth-order valence-corrected chi connectivity index (χ4v) is 2.88. The molecule has 0 heterocycles. The zero-order valence-electron chi connectivity index (χ0n) is 14.5. The van der Waals surface area contributed by atoms with Crippen molar-refractivity contribution in [1.82, 2.24) is 0 Å². The summed E-state index contributed by atoms with van der Waals surface area (Å²) >= 11 is 0. The van der Waals surface area contributed by atoms with Gasteiger partial charge in [-0.1, -0.05) is 44.0 Å². The molecule has 0 fully saturated rings. The Labute approximate surface area is 140 Å². The lowest BCUT2D eigenvalue weighted by atomic mass is 9.95. The Morgan fingerprint density at radius 3 is 1.78 bits per heavy atom. The van der Waals surface area contributed by atoms with E-state index in [1.807, 2.05) is 24.3 Å². The van der Waals surface area contributed by atoms with Gasteiger partial charge in [0, 0.05) is 0 Å². The first kappa shape index (κ1) is 17.4. The van der Waals surface area contributed by atoms with Gasteiger partial charge < -0.3 is 9.47 Å². The predicted octanol–water partition coefficient (Wildman–Crippen LogP) is 5.30. The average molecular weight is 312 g/mol. The topological polar surface area (TPSA) is 18.5 Å². The van der Waals surface area contributed by atoms with E-state index in [0.29, 0.717) is 0 Å². The molecule has 2 aromatic carbocycles. The van der Waals surface area contributed by atoms with Crippen LogP contribution in [-0.4, -0.2) is 14.2 Å². The van der Waals surface area contributed by atoms with Gasteiger partial charge in [-0.05, 0) is 60.6 Å². The summed E-state index contributed by atoms with van der Waals surface area (Å²) in [6.07, 6.45) is 6.11. The first-order valence-corrected chi connectivity index (χ1v) is 8.47. The summed E-state index contributed by atoms with van der Waals surface area (Å²) in [6, 6.07) is 16.9. The lowest BCUT2D eigenvalue weighted by Gasteiger charge is -2.12. The number of hydrogen-bond donors (Lipinski definition) is 0. The molecule has 0 aliphatic carbocycles. The molecule has 0 aromatic heterocycles. The van der Waals surface area contributed by atoms with Crippen LogP contribution in [0.5, 0.6) is 11.5 Å². The second-order valence-corrected chi connectivity index (χ2v) is 6.25. The van der Waals surface area contributed by atoms with Crippen LogP contribution in [0, 0.1) is 5.92 Å². The predicted molar refractivity (Wildman–Crippen MR) is 96.4 cm³/mol. The zero-order valence-corrected chi connectivity index (χ0v) is 14.5. The summed E-state index contributed by atoms with van der Waals surface area (Å²) < 4.78 is 10.4. The van der Waals surface area contributed by atoms with E-state index >= 15 is 0 Å². The number of methoxy groups -OCH3 is 2. The standard InChI is InChI=1S/C21H28O2/c1-17(16-19-10-14-21(23-3)15-11-19)6-4-5-7-18-8-12-20(22-2)13-9-18/h8-15,17H,4-7,16H2,1-3H3. The number of aryl methyl sites for hydroxylation is 1. The van der Waals surface area contributed by atoms with E-state index in [9.17, 15) is 0 Å². The Morgan fingerprint density at radius 1 is 0.739 bits per heavy atom. The van der Waals surface area contributed by atoms with Crippen molar-refractivity contribution in [2.24, 2.45) is 5.92 Å². The molecule has 2 rings (SSSR count). The largest absolute Gasteiger partial charge is 0.497 e. The van der Waals surface area contributed by atoms with Gasteiger partial charge >= 0.3 is 0 Å². The Bertz CT molecular complexity index is 557. The van der Waals surface area contributed by atoms with Crippen LogP contribution in [0.3, 0.4) is 0 Å². The summed E-state index contributed by atoms with van der Waals surface area (Å²) in [5.41, 5.74) is 2.79. The third-order valence-corrected chi connectivity index (χ3v) is 4.31. The molecule has 2 aromatic rings. The quantitative estimate of drug-likeness (QED) is 0.585. The Hall–Kier alpha value is -1.96. The summed E-state index contributed by atoms with van der Waals surface area (Å²) in [5, 5.41) is 0. The molecule has 0 aliphatic rings. The smallest absolute Gasteiger partial charge is 0.118 e. The normalized spacial score (nSPS) is 12.0. The molecule has 0 N–H and O–H groups in total. The maximum atomic E-state index is 5.20.